The lowest BCUT2D eigenvalue weighted by Crippen LogP contribution is -2.33. The van der Waals surface area contributed by atoms with E-state index in [-0.39, 0.29) is 0 Å². The molecule has 2 aromatic carbocycles. The summed E-state index contributed by atoms with van der Waals surface area (Å²) >= 11 is 0. The summed E-state index contributed by atoms with van der Waals surface area (Å²) in [5.41, 5.74) is 7.38. The minimum Gasteiger partial charge on any atom is -0.383 e. The van der Waals surface area contributed by atoms with Gasteiger partial charge in [-0.05, 0) is 66.8 Å². The molecule has 3 heteroatoms. The van der Waals surface area contributed by atoms with Crippen molar-refractivity contribution in [1.29, 1.82) is 0 Å². The number of benzene rings is 2. The normalized spacial score (nSPS) is 19.8. The van der Waals surface area contributed by atoms with Gasteiger partial charge in [0.05, 0.1) is 6.61 Å². The Hall–Kier alpha value is -1.68. The second kappa shape index (κ2) is 12.5. The molecule has 0 amide bonds. The number of fused-ring (bicyclic) bond motifs is 1. The van der Waals surface area contributed by atoms with E-state index in [1.807, 2.05) is 0 Å². The molecule has 3 nitrogen and oxygen atoms in total. The zero-order valence-corrected chi connectivity index (χ0v) is 21.1. The molecule has 2 aliphatic heterocycles. The van der Waals surface area contributed by atoms with E-state index < -0.39 is 0 Å². The molecule has 0 aliphatic carbocycles. The Labute approximate surface area is 196 Å². The van der Waals surface area contributed by atoms with Gasteiger partial charge in [-0.25, -0.2) is 0 Å². The lowest BCUT2D eigenvalue weighted by molar-refractivity contribution is 0.141. The quantitative estimate of drug-likeness (QED) is 0.526. The van der Waals surface area contributed by atoms with Gasteiger partial charge in [-0.15, -0.1) is 0 Å². The van der Waals surface area contributed by atoms with Crippen molar-refractivity contribution in [3.05, 3.63) is 70.3 Å². The number of hydrogen-bond acceptors (Lipinski definition) is 3. The molecule has 1 saturated heterocycles. The van der Waals surface area contributed by atoms with Gasteiger partial charge in [-0.2, -0.15) is 0 Å². The minimum absolute atomic E-state index is 0.671. The van der Waals surface area contributed by atoms with Crippen LogP contribution in [-0.2, 0) is 24.2 Å². The van der Waals surface area contributed by atoms with E-state index in [4.69, 9.17) is 4.74 Å². The first kappa shape index (κ1) is 25.0. The fourth-order valence-electron chi connectivity index (χ4n) is 4.83. The Morgan fingerprint density at radius 3 is 2.59 bits per heavy atom. The fraction of sp³-hybridized carbons (Fsp3) is 0.586. The van der Waals surface area contributed by atoms with Crippen molar-refractivity contribution in [3.63, 3.8) is 0 Å². The Morgan fingerprint density at radius 1 is 1.06 bits per heavy atom. The maximum absolute atomic E-state index is 5.17. The summed E-state index contributed by atoms with van der Waals surface area (Å²) in [5.74, 6) is 1.56. The molecular weight excluding hydrogens is 392 g/mol. The summed E-state index contributed by atoms with van der Waals surface area (Å²) in [5, 5.41) is 0. The molecule has 2 heterocycles. The molecule has 0 radical (unpaired) electrons. The first-order valence-corrected chi connectivity index (χ1v) is 12.6. The van der Waals surface area contributed by atoms with Crippen molar-refractivity contribution < 1.29 is 4.74 Å². The monoisotopic (exact) mass is 436 g/mol. The second-order valence-corrected chi connectivity index (χ2v) is 9.97. The maximum Gasteiger partial charge on any atom is 0.0589 e. The van der Waals surface area contributed by atoms with Gasteiger partial charge in [0.2, 0.25) is 0 Å². The smallest absolute Gasteiger partial charge is 0.0589 e. The molecule has 2 unspecified atom stereocenters. The molecule has 2 aliphatic rings. The zero-order valence-electron chi connectivity index (χ0n) is 21.1. The van der Waals surface area contributed by atoms with Gasteiger partial charge < -0.3 is 4.74 Å². The summed E-state index contributed by atoms with van der Waals surface area (Å²) in [6.45, 7) is 16.9. The van der Waals surface area contributed by atoms with E-state index in [2.05, 4.69) is 80.0 Å². The van der Waals surface area contributed by atoms with E-state index in [0.29, 0.717) is 5.92 Å². The van der Waals surface area contributed by atoms with Crippen LogP contribution in [0.3, 0.4) is 0 Å². The molecule has 4 rings (SSSR count). The van der Waals surface area contributed by atoms with Crippen LogP contribution in [0.25, 0.3) is 0 Å². The number of ether oxygens (including phenoxy) is 1. The van der Waals surface area contributed by atoms with Crippen LogP contribution in [0.5, 0.6) is 0 Å². The van der Waals surface area contributed by atoms with Gasteiger partial charge in [0.25, 0.3) is 0 Å². The molecular formula is C29H44N2O. The number of likely N-dealkylation sites (tertiary alicyclic amines) is 1. The number of aryl methyl sites for hydroxylation is 1. The van der Waals surface area contributed by atoms with Crippen LogP contribution in [0, 0.1) is 12.8 Å². The van der Waals surface area contributed by atoms with Crippen molar-refractivity contribution >= 4 is 0 Å². The summed E-state index contributed by atoms with van der Waals surface area (Å²) < 4.78 is 5.17. The van der Waals surface area contributed by atoms with Crippen LogP contribution < -0.4 is 0 Å². The van der Waals surface area contributed by atoms with Crippen molar-refractivity contribution in [1.82, 2.24) is 9.80 Å². The predicted molar refractivity (Wildman–Crippen MR) is 136 cm³/mol. The summed E-state index contributed by atoms with van der Waals surface area (Å²) in [6.07, 6.45) is 3.76. The first-order chi connectivity index (χ1) is 15.5. The minimum atomic E-state index is 0.671. The zero-order chi connectivity index (χ0) is 22.9. The molecule has 2 atom stereocenters. The SMILES string of the molecule is CCC(C)c1ccc2c(c1)CN(CCOC)CC2.Cc1cccc(CN2CCC(C)C2)c1. The first-order valence-electron chi connectivity index (χ1n) is 12.6. The molecule has 2 aromatic rings. The van der Waals surface area contributed by atoms with Gasteiger partial charge in [0.1, 0.15) is 0 Å². The highest BCUT2D eigenvalue weighted by Crippen LogP contribution is 2.25. The van der Waals surface area contributed by atoms with E-state index in [1.54, 1.807) is 7.11 Å². The van der Waals surface area contributed by atoms with Gasteiger partial charge in [-0.3, -0.25) is 9.80 Å². The molecule has 176 valence electrons. The number of nitrogens with zero attached hydrogens (tertiary/aromatic N) is 2. The predicted octanol–water partition coefficient (Wildman–Crippen LogP) is 6.04. The van der Waals surface area contributed by atoms with Gasteiger partial charge >= 0.3 is 0 Å². The van der Waals surface area contributed by atoms with Crippen LogP contribution in [0.1, 0.15) is 67.3 Å². The fourth-order valence-corrected chi connectivity index (χ4v) is 4.83. The third-order valence-corrected chi connectivity index (χ3v) is 7.11. The summed E-state index contributed by atoms with van der Waals surface area (Å²) in [4.78, 5) is 5.05. The average molecular weight is 437 g/mol. The largest absolute Gasteiger partial charge is 0.383 e. The number of rotatable bonds is 7. The van der Waals surface area contributed by atoms with Crippen LogP contribution in [-0.4, -0.2) is 49.7 Å². The van der Waals surface area contributed by atoms with Crippen molar-refractivity contribution in [2.45, 2.75) is 66.0 Å². The van der Waals surface area contributed by atoms with Crippen molar-refractivity contribution in [2.24, 2.45) is 5.92 Å². The summed E-state index contributed by atoms with van der Waals surface area (Å²) in [6, 6.07) is 15.9. The Morgan fingerprint density at radius 2 is 1.91 bits per heavy atom. The lowest BCUT2D eigenvalue weighted by atomic mass is 9.91. The van der Waals surface area contributed by atoms with E-state index in [1.165, 1.54) is 66.7 Å². The second-order valence-electron chi connectivity index (χ2n) is 9.97. The Kier molecular flexibility index (Phi) is 9.77. The van der Waals surface area contributed by atoms with Crippen LogP contribution in [0.4, 0.5) is 0 Å². The highest BCUT2D eigenvalue weighted by Gasteiger charge is 2.18. The van der Waals surface area contributed by atoms with E-state index in [0.717, 1.165) is 32.2 Å². The van der Waals surface area contributed by atoms with Crippen molar-refractivity contribution in [3.8, 4) is 0 Å². The Bertz CT molecular complexity index is 834. The van der Waals surface area contributed by atoms with Gasteiger partial charge in [-0.1, -0.05) is 68.8 Å². The standard InChI is InChI=1S/C16H25NO.C13H19N/c1-4-13(2)15-6-5-14-7-8-17(9-10-18-3)12-16(14)11-15;1-11-4-3-5-13(8-11)10-14-7-6-12(2)9-14/h5-6,11,13H,4,7-10,12H2,1-3H3;3-5,8,12H,6-7,9-10H2,1-2H3. The van der Waals surface area contributed by atoms with Crippen LogP contribution in [0.2, 0.25) is 0 Å². The van der Waals surface area contributed by atoms with E-state index >= 15 is 0 Å². The Balaban J connectivity index is 0.000000186. The number of hydrogen-bond donors (Lipinski definition) is 0. The molecule has 0 N–H and O–H groups in total. The average Bonchev–Trinajstić information content (AvgIpc) is 3.21. The molecule has 32 heavy (non-hydrogen) atoms. The molecule has 0 aromatic heterocycles. The summed E-state index contributed by atoms with van der Waals surface area (Å²) in [7, 11) is 1.78. The third kappa shape index (κ3) is 7.43. The lowest BCUT2D eigenvalue weighted by Gasteiger charge is -2.29. The van der Waals surface area contributed by atoms with Crippen LogP contribution in [0.15, 0.2) is 42.5 Å². The van der Waals surface area contributed by atoms with Crippen molar-refractivity contribution in [2.75, 3.05) is 39.9 Å². The highest BCUT2D eigenvalue weighted by molar-refractivity contribution is 5.35. The molecule has 1 fully saturated rings. The highest BCUT2D eigenvalue weighted by atomic mass is 16.5. The molecule has 0 saturated carbocycles. The molecule has 0 spiro atoms. The topological polar surface area (TPSA) is 15.7 Å². The maximum atomic E-state index is 5.17. The third-order valence-electron chi connectivity index (χ3n) is 7.11. The van der Waals surface area contributed by atoms with Gasteiger partial charge in [0.15, 0.2) is 0 Å². The van der Waals surface area contributed by atoms with Gasteiger partial charge in [0, 0.05) is 39.8 Å². The van der Waals surface area contributed by atoms with Crippen LogP contribution >= 0.6 is 0 Å². The number of methoxy groups -OCH3 is 1. The molecule has 0 bridgehead atoms. The van der Waals surface area contributed by atoms with E-state index in [9.17, 15) is 0 Å².